The van der Waals surface area contributed by atoms with Gasteiger partial charge in [0.05, 0.1) is 0 Å². The van der Waals surface area contributed by atoms with E-state index < -0.39 is 17.3 Å². The van der Waals surface area contributed by atoms with E-state index in [-0.39, 0.29) is 18.5 Å². The molecule has 1 nitrogen and oxygen atoms in total. The Hall–Kier alpha value is -1.03. The molecule has 1 saturated heterocycles. The van der Waals surface area contributed by atoms with Crippen LogP contribution < -0.4 is 0 Å². The molecule has 1 aliphatic rings. The molecule has 0 amide bonds. The zero-order valence-corrected chi connectivity index (χ0v) is 8.43. The van der Waals surface area contributed by atoms with Gasteiger partial charge in [-0.25, -0.2) is 13.2 Å². The van der Waals surface area contributed by atoms with Crippen LogP contribution in [0.2, 0.25) is 0 Å². The van der Waals surface area contributed by atoms with Crippen LogP contribution >= 0.6 is 0 Å². The van der Waals surface area contributed by atoms with Gasteiger partial charge in [-0.05, 0) is 25.6 Å². The van der Waals surface area contributed by atoms with Crippen LogP contribution in [0.15, 0.2) is 18.2 Å². The highest BCUT2D eigenvalue weighted by molar-refractivity contribution is 5.26. The van der Waals surface area contributed by atoms with Gasteiger partial charge in [0.15, 0.2) is 5.67 Å². The molecule has 2 rings (SSSR count). The summed E-state index contributed by atoms with van der Waals surface area (Å²) in [6, 6.07) is 3.02. The fourth-order valence-electron chi connectivity index (χ4n) is 2.03. The number of benzene rings is 1. The van der Waals surface area contributed by atoms with Crippen LogP contribution in [0, 0.1) is 11.6 Å². The van der Waals surface area contributed by atoms with E-state index in [1.165, 1.54) is 6.07 Å². The lowest BCUT2D eigenvalue weighted by Gasteiger charge is -2.20. The van der Waals surface area contributed by atoms with Crippen LogP contribution in [-0.4, -0.2) is 25.0 Å². The van der Waals surface area contributed by atoms with Crippen LogP contribution in [0.1, 0.15) is 12.0 Å². The second kappa shape index (κ2) is 3.52. The second-order valence-electron chi connectivity index (χ2n) is 4.08. The zero-order valence-electron chi connectivity index (χ0n) is 8.43. The van der Waals surface area contributed by atoms with Gasteiger partial charge >= 0.3 is 0 Å². The van der Waals surface area contributed by atoms with Crippen LogP contribution in [0.5, 0.6) is 0 Å². The molecule has 15 heavy (non-hydrogen) atoms. The van der Waals surface area contributed by atoms with Crippen LogP contribution in [-0.2, 0) is 5.67 Å². The average Bonchev–Trinajstić information content (AvgIpc) is 2.46. The normalized spacial score (nSPS) is 27.2. The number of rotatable bonds is 1. The number of likely N-dealkylation sites (tertiary alicyclic amines) is 1. The maximum absolute atomic E-state index is 14.3. The lowest BCUT2D eigenvalue weighted by Crippen LogP contribution is -2.25. The lowest BCUT2D eigenvalue weighted by atomic mass is 9.94. The molecule has 4 heteroatoms. The van der Waals surface area contributed by atoms with Crippen molar-refractivity contribution in [2.75, 3.05) is 20.1 Å². The van der Waals surface area contributed by atoms with Crippen molar-refractivity contribution in [2.24, 2.45) is 0 Å². The number of alkyl halides is 1. The minimum absolute atomic E-state index is 0.0340. The highest BCUT2D eigenvalue weighted by Gasteiger charge is 2.40. The molecule has 1 fully saturated rings. The van der Waals surface area contributed by atoms with Gasteiger partial charge in [-0.15, -0.1) is 0 Å². The Balaban J connectivity index is 2.37. The Labute approximate surface area is 86.5 Å². The van der Waals surface area contributed by atoms with E-state index in [1.54, 1.807) is 11.9 Å². The SMILES string of the molecule is CN1CCC(F)(c2ccc(F)cc2F)C1. The summed E-state index contributed by atoms with van der Waals surface area (Å²) in [5, 5.41) is 0. The van der Waals surface area contributed by atoms with Gasteiger partial charge < -0.3 is 4.90 Å². The molecule has 1 aromatic rings. The first kappa shape index (κ1) is 10.5. The Morgan fingerprint density at radius 3 is 2.60 bits per heavy atom. The molecule has 1 aliphatic heterocycles. The monoisotopic (exact) mass is 215 g/mol. The predicted octanol–water partition coefficient (Wildman–Crippen LogP) is 2.47. The van der Waals surface area contributed by atoms with Crippen LogP contribution in [0.25, 0.3) is 0 Å². The van der Waals surface area contributed by atoms with E-state index in [0.717, 1.165) is 12.1 Å². The fraction of sp³-hybridized carbons (Fsp3) is 0.455. The standard InChI is InChI=1S/C11H12F3N/c1-15-5-4-11(14,7-15)9-3-2-8(12)6-10(9)13/h2-3,6H,4-5,7H2,1H3. The minimum atomic E-state index is -1.67. The molecule has 0 aliphatic carbocycles. The summed E-state index contributed by atoms with van der Waals surface area (Å²) in [6.07, 6.45) is 0.256. The van der Waals surface area contributed by atoms with E-state index in [0.29, 0.717) is 6.54 Å². The number of likely N-dealkylation sites (N-methyl/N-ethyl adjacent to an activating group) is 1. The number of nitrogens with zero attached hydrogens (tertiary/aromatic N) is 1. The molecular weight excluding hydrogens is 203 g/mol. The molecule has 1 aromatic carbocycles. The molecule has 1 heterocycles. The zero-order chi connectivity index (χ0) is 11.1. The summed E-state index contributed by atoms with van der Waals surface area (Å²) >= 11 is 0. The van der Waals surface area contributed by atoms with Crippen molar-refractivity contribution in [3.63, 3.8) is 0 Å². The second-order valence-corrected chi connectivity index (χ2v) is 4.08. The quantitative estimate of drug-likeness (QED) is 0.695. The van der Waals surface area contributed by atoms with Crippen molar-refractivity contribution < 1.29 is 13.2 Å². The molecule has 0 aromatic heterocycles. The largest absolute Gasteiger partial charge is 0.303 e. The summed E-state index contributed by atoms with van der Waals surface area (Å²) in [7, 11) is 1.78. The van der Waals surface area contributed by atoms with Crippen LogP contribution in [0.4, 0.5) is 13.2 Å². The molecule has 1 unspecified atom stereocenters. The molecule has 1 atom stereocenters. The van der Waals surface area contributed by atoms with Gasteiger partial charge in [0.2, 0.25) is 0 Å². The summed E-state index contributed by atoms with van der Waals surface area (Å²) in [4.78, 5) is 1.79. The van der Waals surface area contributed by atoms with Crippen molar-refractivity contribution in [1.29, 1.82) is 0 Å². The van der Waals surface area contributed by atoms with Gasteiger partial charge in [0.1, 0.15) is 11.6 Å². The topological polar surface area (TPSA) is 3.24 Å². The van der Waals surface area contributed by atoms with Gasteiger partial charge in [-0.2, -0.15) is 0 Å². The number of hydrogen-bond acceptors (Lipinski definition) is 1. The van der Waals surface area contributed by atoms with Crippen LogP contribution in [0.3, 0.4) is 0 Å². The average molecular weight is 215 g/mol. The number of hydrogen-bond donors (Lipinski definition) is 0. The molecule has 82 valence electrons. The summed E-state index contributed by atoms with van der Waals surface area (Å²) in [5.41, 5.74) is -1.71. The smallest absolute Gasteiger partial charge is 0.152 e. The minimum Gasteiger partial charge on any atom is -0.303 e. The Morgan fingerprint density at radius 1 is 1.33 bits per heavy atom. The third kappa shape index (κ3) is 1.86. The first-order valence-electron chi connectivity index (χ1n) is 4.84. The van der Waals surface area contributed by atoms with Gasteiger partial charge in [0, 0.05) is 24.7 Å². The highest BCUT2D eigenvalue weighted by atomic mass is 19.2. The summed E-state index contributed by atoms with van der Waals surface area (Å²) in [6.45, 7) is 0.753. The van der Waals surface area contributed by atoms with E-state index in [9.17, 15) is 13.2 Å². The molecule has 0 bridgehead atoms. The van der Waals surface area contributed by atoms with E-state index in [1.807, 2.05) is 0 Å². The Bertz CT molecular complexity index is 380. The Morgan fingerprint density at radius 2 is 2.07 bits per heavy atom. The lowest BCUT2D eigenvalue weighted by molar-refractivity contribution is 0.168. The molecule has 0 N–H and O–H groups in total. The maximum Gasteiger partial charge on any atom is 0.152 e. The Kier molecular flexibility index (Phi) is 2.46. The first-order valence-corrected chi connectivity index (χ1v) is 4.84. The van der Waals surface area contributed by atoms with Gasteiger partial charge in [-0.3, -0.25) is 0 Å². The highest BCUT2D eigenvalue weighted by Crippen LogP contribution is 2.36. The third-order valence-electron chi connectivity index (χ3n) is 2.82. The summed E-state index contributed by atoms with van der Waals surface area (Å²) < 4.78 is 40.3. The summed E-state index contributed by atoms with van der Waals surface area (Å²) in [5.74, 6) is -1.47. The maximum atomic E-state index is 14.3. The molecule has 0 radical (unpaired) electrons. The molecular formula is C11H12F3N. The van der Waals surface area contributed by atoms with Crippen molar-refractivity contribution in [3.8, 4) is 0 Å². The predicted molar refractivity (Wildman–Crippen MR) is 51.3 cm³/mol. The number of halogens is 3. The molecule has 0 saturated carbocycles. The van der Waals surface area contributed by atoms with E-state index in [4.69, 9.17) is 0 Å². The van der Waals surface area contributed by atoms with Gasteiger partial charge in [-0.1, -0.05) is 0 Å². The van der Waals surface area contributed by atoms with Crippen molar-refractivity contribution >= 4 is 0 Å². The van der Waals surface area contributed by atoms with Crippen molar-refractivity contribution in [1.82, 2.24) is 4.90 Å². The van der Waals surface area contributed by atoms with Crippen molar-refractivity contribution in [2.45, 2.75) is 12.1 Å². The van der Waals surface area contributed by atoms with E-state index >= 15 is 0 Å². The van der Waals surface area contributed by atoms with Crippen molar-refractivity contribution in [3.05, 3.63) is 35.4 Å². The first-order chi connectivity index (χ1) is 7.01. The molecule has 0 spiro atoms. The fourth-order valence-corrected chi connectivity index (χ4v) is 2.03. The van der Waals surface area contributed by atoms with E-state index in [2.05, 4.69) is 0 Å². The van der Waals surface area contributed by atoms with Gasteiger partial charge in [0.25, 0.3) is 0 Å². The third-order valence-corrected chi connectivity index (χ3v) is 2.82.